The van der Waals surface area contributed by atoms with E-state index in [1.165, 1.54) is 0 Å². The fourth-order valence-electron chi connectivity index (χ4n) is 2.02. The SMILES string of the molecule is CCCN[C@H]1CCC2=C(C1)S(=O)C(N)=N2. The summed E-state index contributed by atoms with van der Waals surface area (Å²) in [6.45, 7) is 3.17. The molecule has 1 aliphatic heterocycles. The van der Waals surface area contributed by atoms with Crippen LogP contribution in [0, 0.1) is 0 Å². The average Bonchev–Trinajstić information content (AvgIpc) is 2.52. The van der Waals surface area contributed by atoms with E-state index in [9.17, 15) is 4.21 Å². The van der Waals surface area contributed by atoms with E-state index in [1.807, 2.05) is 0 Å². The van der Waals surface area contributed by atoms with Crippen molar-refractivity contribution in [1.82, 2.24) is 5.32 Å². The van der Waals surface area contributed by atoms with Gasteiger partial charge in [0.15, 0.2) is 5.17 Å². The molecule has 0 aromatic rings. The zero-order valence-corrected chi connectivity index (χ0v) is 9.77. The van der Waals surface area contributed by atoms with Crippen LogP contribution in [0.15, 0.2) is 15.6 Å². The number of nitrogens with one attached hydrogen (secondary N) is 1. The Morgan fingerprint density at radius 2 is 2.47 bits per heavy atom. The van der Waals surface area contributed by atoms with Gasteiger partial charge < -0.3 is 11.1 Å². The first-order valence-corrected chi connectivity index (χ1v) is 6.58. The van der Waals surface area contributed by atoms with Crippen molar-refractivity contribution in [3.63, 3.8) is 0 Å². The van der Waals surface area contributed by atoms with Crippen molar-refractivity contribution in [3.8, 4) is 0 Å². The molecule has 1 aliphatic carbocycles. The fourth-order valence-corrected chi connectivity index (χ4v) is 3.18. The molecule has 1 unspecified atom stereocenters. The maximum Gasteiger partial charge on any atom is 0.194 e. The predicted molar refractivity (Wildman–Crippen MR) is 62.7 cm³/mol. The van der Waals surface area contributed by atoms with Gasteiger partial charge in [-0.15, -0.1) is 0 Å². The molecule has 3 N–H and O–H groups in total. The zero-order chi connectivity index (χ0) is 10.8. The molecule has 0 radical (unpaired) electrons. The number of nitrogens with two attached hydrogens (primary N) is 1. The highest BCUT2D eigenvalue weighted by Gasteiger charge is 2.30. The molecule has 0 saturated heterocycles. The summed E-state index contributed by atoms with van der Waals surface area (Å²) >= 11 is 0. The maximum atomic E-state index is 11.7. The second-order valence-electron chi connectivity index (χ2n) is 3.98. The molecular weight excluding hydrogens is 210 g/mol. The van der Waals surface area contributed by atoms with Gasteiger partial charge in [0.05, 0.1) is 5.70 Å². The largest absolute Gasteiger partial charge is 0.376 e. The van der Waals surface area contributed by atoms with Crippen LogP contribution in [0.4, 0.5) is 0 Å². The van der Waals surface area contributed by atoms with Gasteiger partial charge in [-0.05, 0) is 32.2 Å². The maximum absolute atomic E-state index is 11.7. The lowest BCUT2D eigenvalue weighted by atomic mass is 9.99. The summed E-state index contributed by atoms with van der Waals surface area (Å²) in [6, 6.07) is 0.453. The molecular formula is C10H17N3OS. The quantitative estimate of drug-likeness (QED) is 0.750. The number of aliphatic imine (C=N–C) groups is 1. The van der Waals surface area contributed by atoms with E-state index in [2.05, 4.69) is 17.2 Å². The lowest BCUT2D eigenvalue weighted by molar-refractivity contribution is 0.463. The van der Waals surface area contributed by atoms with Gasteiger partial charge in [-0.3, -0.25) is 0 Å². The van der Waals surface area contributed by atoms with Crippen molar-refractivity contribution in [2.24, 2.45) is 10.7 Å². The molecule has 2 atom stereocenters. The smallest absolute Gasteiger partial charge is 0.194 e. The molecule has 0 bridgehead atoms. The second-order valence-corrected chi connectivity index (χ2v) is 5.43. The Hall–Kier alpha value is -0.680. The van der Waals surface area contributed by atoms with Gasteiger partial charge >= 0.3 is 0 Å². The zero-order valence-electron chi connectivity index (χ0n) is 8.95. The second kappa shape index (κ2) is 4.45. The lowest BCUT2D eigenvalue weighted by Crippen LogP contribution is -2.32. The number of hydrogen-bond acceptors (Lipinski definition) is 4. The van der Waals surface area contributed by atoms with E-state index in [4.69, 9.17) is 5.73 Å². The summed E-state index contributed by atoms with van der Waals surface area (Å²) in [5, 5.41) is 3.75. The van der Waals surface area contributed by atoms with E-state index >= 15 is 0 Å². The van der Waals surface area contributed by atoms with Crippen molar-refractivity contribution in [3.05, 3.63) is 10.6 Å². The third-order valence-electron chi connectivity index (χ3n) is 2.83. The van der Waals surface area contributed by atoms with Gasteiger partial charge in [-0.25, -0.2) is 9.20 Å². The van der Waals surface area contributed by atoms with E-state index in [1.54, 1.807) is 0 Å². The summed E-state index contributed by atoms with van der Waals surface area (Å²) < 4.78 is 11.7. The molecule has 0 aromatic carbocycles. The molecule has 15 heavy (non-hydrogen) atoms. The molecule has 0 amide bonds. The standard InChI is InChI=1S/C10H17N3OS/c1-2-5-12-7-3-4-8-9(6-7)15(14)10(11)13-8/h7,12H,2-6H2,1H3,(H2,11,13)/t7-,15?/m0/s1. The van der Waals surface area contributed by atoms with Gasteiger partial charge in [0.25, 0.3) is 0 Å². The summed E-state index contributed by atoms with van der Waals surface area (Å²) in [4.78, 5) is 5.10. The minimum atomic E-state index is -1.14. The van der Waals surface area contributed by atoms with Crippen LogP contribution < -0.4 is 11.1 Å². The Morgan fingerprint density at radius 1 is 1.67 bits per heavy atom. The third kappa shape index (κ3) is 2.13. The Bertz CT molecular complexity index is 349. The molecule has 5 heteroatoms. The monoisotopic (exact) mass is 227 g/mol. The number of hydrogen-bond donors (Lipinski definition) is 2. The Morgan fingerprint density at radius 3 is 3.20 bits per heavy atom. The fraction of sp³-hybridized carbons (Fsp3) is 0.700. The van der Waals surface area contributed by atoms with Gasteiger partial charge in [0.2, 0.25) is 0 Å². The highest BCUT2D eigenvalue weighted by atomic mass is 32.2. The summed E-state index contributed by atoms with van der Waals surface area (Å²) in [6.07, 6.45) is 3.95. The minimum absolute atomic E-state index is 0.288. The molecule has 84 valence electrons. The van der Waals surface area contributed by atoms with Gasteiger partial charge in [0, 0.05) is 10.9 Å². The molecule has 0 fully saturated rings. The highest BCUT2D eigenvalue weighted by Crippen LogP contribution is 2.32. The highest BCUT2D eigenvalue weighted by molar-refractivity contribution is 8.04. The molecule has 0 aromatic heterocycles. The molecule has 1 heterocycles. The number of rotatable bonds is 3. The van der Waals surface area contributed by atoms with Crippen molar-refractivity contribution < 1.29 is 4.21 Å². The normalized spacial score (nSPS) is 30.3. The van der Waals surface area contributed by atoms with Crippen molar-refractivity contribution in [2.45, 2.75) is 38.6 Å². The van der Waals surface area contributed by atoms with Crippen LogP contribution in [-0.2, 0) is 10.8 Å². The van der Waals surface area contributed by atoms with Gasteiger partial charge in [0.1, 0.15) is 10.8 Å². The van der Waals surface area contributed by atoms with Gasteiger partial charge in [-0.2, -0.15) is 0 Å². The number of amidine groups is 1. The molecule has 0 spiro atoms. The molecule has 2 aliphatic rings. The van der Waals surface area contributed by atoms with E-state index < -0.39 is 10.8 Å². The van der Waals surface area contributed by atoms with Crippen LogP contribution in [0.5, 0.6) is 0 Å². The molecule has 0 saturated carbocycles. The van der Waals surface area contributed by atoms with Gasteiger partial charge in [-0.1, -0.05) is 6.92 Å². The summed E-state index contributed by atoms with van der Waals surface area (Å²) in [7, 11) is -1.14. The van der Waals surface area contributed by atoms with Crippen molar-refractivity contribution >= 4 is 16.0 Å². The molecule has 4 nitrogen and oxygen atoms in total. The van der Waals surface area contributed by atoms with E-state index in [0.717, 1.165) is 42.8 Å². The van der Waals surface area contributed by atoms with Crippen molar-refractivity contribution in [1.29, 1.82) is 0 Å². The first-order chi connectivity index (χ1) is 7.22. The lowest BCUT2D eigenvalue weighted by Gasteiger charge is -2.23. The summed E-state index contributed by atoms with van der Waals surface area (Å²) in [5.41, 5.74) is 6.54. The van der Waals surface area contributed by atoms with Crippen LogP contribution in [0.3, 0.4) is 0 Å². The average molecular weight is 227 g/mol. The summed E-state index contributed by atoms with van der Waals surface area (Å²) in [5.74, 6) is 0. The van der Waals surface area contributed by atoms with Crippen LogP contribution >= 0.6 is 0 Å². The van der Waals surface area contributed by atoms with Crippen LogP contribution in [0.2, 0.25) is 0 Å². The number of allylic oxidation sites excluding steroid dienone is 1. The molecule has 2 rings (SSSR count). The van der Waals surface area contributed by atoms with E-state index in [0.29, 0.717) is 6.04 Å². The number of nitrogens with zero attached hydrogens (tertiary/aromatic N) is 1. The van der Waals surface area contributed by atoms with Crippen LogP contribution in [0.1, 0.15) is 32.6 Å². The first-order valence-electron chi connectivity index (χ1n) is 5.43. The topological polar surface area (TPSA) is 67.5 Å². The van der Waals surface area contributed by atoms with Crippen LogP contribution in [-0.4, -0.2) is 22.0 Å². The Labute approximate surface area is 92.5 Å². The Kier molecular flexibility index (Phi) is 3.21. The first kappa shape index (κ1) is 10.8. The third-order valence-corrected chi connectivity index (χ3v) is 4.15. The Balaban J connectivity index is 2.01. The minimum Gasteiger partial charge on any atom is -0.376 e. The van der Waals surface area contributed by atoms with E-state index in [-0.39, 0.29) is 5.17 Å². The van der Waals surface area contributed by atoms with Crippen LogP contribution in [0.25, 0.3) is 0 Å². The van der Waals surface area contributed by atoms with Crippen molar-refractivity contribution in [2.75, 3.05) is 6.54 Å². The predicted octanol–water partition coefficient (Wildman–Crippen LogP) is 0.827.